The van der Waals surface area contributed by atoms with Gasteiger partial charge in [0.2, 0.25) is 12.2 Å². The van der Waals surface area contributed by atoms with Gasteiger partial charge >= 0.3 is 12.4 Å². The molecule has 0 radical (unpaired) electrons. The first-order valence-corrected chi connectivity index (χ1v) is 3.72. The van der Waals surface area contributed by atoms with Crippen molar-refractivity contribution in [2.45, 2.75) is 37.4 Å². The highest BCUT2D eigenvalue weighted by Crippen LogP contribution is 2.34. The smallest absolute Gasteiger partial charge is 0.345 e. The molecule has 0 aliphatic carbocycles. The molecule has 11 heteroatoms. The zero-order valence-electron chi connectivity index (χ0n) is 7.50. The Morgan fingerprint density at radius 3 is 0.941 bits per heavy atom. The molecule has 2 atom stereocenters. The molecule has 17 heavy (non-hydrogen) atoms. The fourth-order valence-electron chi connectivity index (χ4n) is 0.717. The minimum atomic E-state index is -5.88. The number of alkyl halides is 10. The molecule has 1 nitrogen and oxygen atoms in total. The molecule has 104 valence electrons. The molecule has 0 amide bonds. The van der Waals surface area contributed by atoms with Crippen LogP contribution < -0.4 is 0 Å². The third kappa shape index (κ3) is 4.96. The van der Waals surface area contributed by atoms with Crippen LogP contribution >= 0.6 is 0 Å². The fourth-order valence-corrected chi connectivity index (χ4v) is 0.717. The van der Waals surface area contributed by atoms with E-state index in [1.165, 1.54) is 0 Å². The van der Waals surface area contributed by atoms with Crippen LogP contribution in [0.5, 0.6) is 0 Å². The van der Waals surface area contributed by atoms with Gasteiger partial charge in [0.1, 0.15) is 0 Å². The van der Waals surface area contributed by atoms with E-state index in [-0.39, 0.29) is 0 Å². The molecule has 0 fully saturated rings. The predicted molar refractivity (Wildman–Crippen MR) is 32.8 cm³/mol. The summed E-state index contributed by atoms with van der Waals surface area (Å²) in [6.07, 6.45) is -29.0. The second-order valence-electron chi connectivity index (χ2n) is 2.73. The van der Waals surface area contributed by atoms with E-state index < -0.39 is 37.4 Å². The lowest BCUT2D eigenvalue weighted by molar-refractivity contribution is -0.323. The lowest BCUT2D eigenvalue weighted by Crippen LogP contribution is -2.48. The fraction of sp³-hybridized carbons (Fsp3) is 1.00. The van der Waals surface area contributed by atoms with Crippen LogP contribution in [-0.4, -0.2) is 37.4 Å². The molecule has 0 aliphatic rings. The Labute approximate surface area is 87.3 Å². The van der Waals surface area contributed by atoms with Crippen molar-refractivity contribution in [1.29, 1.82) is 0 Å². The van der Waals surface area contributed by atoms with Crippen LogP contribution in [0.4, 0.5) is 43.9 Å². The van der Waals surface area contributed by atoms with Crippen LogP contribution in [0.1, 0.15) is 0 Å². The highest BCUT2D eigenvalue weighted by Gasteiger charge is 2.55. The molecule has 0 aromatic carbocycles. The van der Waals surface area contributed by atoms with Gasteiger partial charge in [-0.1, -0.05) is 0 Å². The molecule has 0 N–H and O–H groups in total. The number of ether oxygens (including phenoxy) is 1. The van der Waals surface area contributed by atoms with E-state index in [9.17, 15) is 43.9 Å². The number of hydrogen-bond acceptors (Lipinski definition) is 1. The Morgan fingerprint density at radius 1 is 0.588 bits per heavy atom. The molecule has 0 aromatic heterocycles. The largest absolute Gasteiger partial charge is 0.420 e. The van der Waals surface area contributed by atoms with Gasteiger partial charge in [0.25, 0.3) is 12.9 Å². The maximum absolute atomic E-state index is 11.8. The molecular weight excluding hydrogens is 278 g/mol. The third-order valence-electron chi connectivity index (χ3n) is 1.40. The molecule has 0 saturated heterocycles. The van der Waals surface area contributed by atoms with Crippen molar-refractivity contribution in [1.82, 2.24) is 0 Å². The lowest BCUT2D eigenvalue weighted by Gasteiger charge is -2.26. The molecule has 0 saturated carbocycles. The maximum atomic E-state index is 11.8. The van der Waals surface area contributed by atoms with Gasteiger partial charge in [-0.25, -0.2) is 17.6 Å². The molecule has 0 aromatic rings. The molecule has 0 bridgehead atoms. The molecular formula is C6H4F10O. The Bertz CT molecular complexity index is 206. The van der Waals surface area contributed by atoms with Crippen molar-refractivity contribution in [3.63, 3.8) is 0 Å². The van der Waals surface area contributed by atoms with Crippen molar-refractivity contribution < 1.29 is 48.6 Å². The van der Waals surface area contributed by atoms with E-state index >= 15 is 0 Å². The van der Waals surface area contributed by atoms with Gasteiger partial charge in [-0.3, -0.25) is 0 Å². The summed E-state index contributed by atoms with van der Waals surface area (Å²) in [6, 6.07) is 0. The van der Waals surface area contributed by atoms with Gasteiger partial charge in [-0.05, 0) is 0 Å². The Hall–Kier alpha value is -0.740. The second kappa shape index (κ2) is 5.27. The summed E-state index contributed by atoms with van der Waals surface area (Å²) < 4.78 is 120. The maximum Gasteiger partial charge on any atom is 0.420 e. The van der Waals surface area contributed by atoms with Crippen LogP contribution in [0.25, 0.3) is 0 Å². The summed E-state index contributed by atoms with van der Waals surface area (Å²) in [4.78, 5) is 0. The zero-order chi connectivity index (χ0) is 14.0. The van der Waals surface area contributed by atoms with E-state index in [1.807, 2.05) is 0 Å². The van der Waals surface area contributed by atoms with Crippen molar-refractivity contribution in [3.8, 4) is 0 Å². The molecule has 2 unspecified atom stereocenters. The monoisotopic (exact) mass is 282 g/mol. The van der Waals surface area contributed by atoms with E-state index in [0.717, 1.165) is 0 Å². The Balaban J connectivity index is 4.96. The molecule has 0 spiro atoms. The number of hydrogen-bond donors (Lipinski definition) is 0. The van der Waals surface area contributed by atoms with Gasteiger partial charge < -0.3 is 4.74 Å². The third-order valence-corrected chi connectivity index (χ3v) is 1.40. The van der Waals surface area contributed by atoms with Crippen molar-refractivity contribution >= 4 is 0 Å². The van der Waals surface area contributed by atoms with Crippen molar-refractivity contribution in [3.05, 3.63) is 0 Å². The predicted octanol–water partition coefficient (Wildman–Crippen LogP) is 3.40. The number of rotatable bonds is 4. The Morgan fingerprint density at radius 2 is 0.824 bits per heavy atom. The Kier molecular flexibility index (Phi) is 5.04. The average molecular weight is 282 g/mol. The van der Waals surface area contributed by atoms with Gasteiger partial charge in [-0.15, -0.1) is 0 Å². The second-order valence-corrected chi connectivity index (χ2v) is 2.73. The SMILES string of the molecule is FC(F)C(OC(C(F)F)C(F)(F)F)C(F)(F)F. The molecule has 0 heterocycles. The topological polar surface area (TPSA) is 9.23 Å². The van der Waals surface area contributed by atoms with Gasteiger partial charge in [0.15, 0.2) is 0 Å². The standard InChI is InChI=1S/C6H4F10O/c7-3(8)1(5(11,12)13)17-2(4(9)10)6(14,15)16/h1-4H. The summed E-state index contributed by atoms with van der Waals surface area (Å²) in [7, 11) is 0. The van der Waals surface area contributed by atoms with E-state index in [0.29, 0.717) is 0 Å². The summed E-state index contributed by atoms with van der Waals surface area (Å²) in [5.74, 6) is 0. The first-order chi connectivity index (χ1) is 7.37. The molecule has 0 rings (SSSR count). The van der Waals surface area contributed by atoms with Crippen molar-refractivity contribution in [2.24, 2.45) is 0 Å². The summed E-state index contributed by atoms with van der Waals surface area (Å²) in [5.41, 5.74) is 0. The van der Waals surface area contributed by atoms with Crippen molar-refractivity contribution in [2.75, 3.05) is 0 Å². The number of halogens is 10. The first-order valence-electron chi connectivity index (χ1n) is 3.72. The van der Waals surface area contributed by atoms with E-state index in [1.54, 1.807) is 0 Å². The normalized spacial score (nSPS) is 17.6. The highest BCUT2D eigenvalue weighted by molar-refractivity contribution is 4.78. The summed E-state index contributed by atoms with van der Waals surface area (Å²) in [6.45, 7) is 0. The van der Waals surface area contributed by atoms with Crippen LogP contribution in [0.3, 0.4) is 0 Å². The van der Waals surface area contributed by atoms with E-state index in [2.05, 4.69) is 4.74 Å². The first kappa shape index (κ1) is 16.3. The van der Waals surface area contributed by atoms with Crippen LogP contribution in [0.15, 0.2) is 0 Å². The van der Waals surface area contributed by atoms with Gasteiger partial charge in [0.05, 0.1) is 0 Å². The summed E-state index contributed by atoms with van der Waals surface area (Å²) in [5, 5.41) is 0. The molecule has 0 aliphatic heterocycles. The van der Waals surface area contributed by atoms with Gasteiger partial charge in [-0.2, -0.15) is 26.3 Å². The minimum absolute atomic E-state index is 2.75. The average Bonchev–Trinajstić information content (AvgIpc) is 1.96. The van der Waals surface area contributed by atoms with Crippen LogP contribution in [-0.2, 0) is 4.74 Å². The van der Waals surface area contributed by atoms with E-state index in [4.69, 9.17) is 0 Å². The minimum Gasteiger partial charge on any atom is -0.345 e. The van der Waals surface area contributed by atoms with Crippen LogP contribution in [0.2, 0.25) is 0 Å². The van der Waals surface area contributed by atoms with Gasteiger partial charge in [0, 0.05) is 0 Å². The van der Waals surface area contributed by atoms with Crippen LogP contribution in [0, 0.1) is 0 Å². The zero-order valence-corrected chi connectivity index (χ0v) is 7.50. The summed E-state index contributed by atoms with van der Waals surface area (Å²) >= 11 is 0. The quantitative estimate of drug-likeness (QED) is 0.718. The lowest BCUT2D eigenvalue weighted by atomic mass is 10.3. The highest BCUT2D eigenvalue weighted by atomic mass is 19.4.